The smallest absolute Gasteiger partial charge is 0.249 e. The van der Waals surface area contributed by atoms with Gasteiger partial charge in [-0.2, -0.15) is 4.98 Å². The van der Waals surface area contributed by atoms with Crippen molar-refractivity contribution in [1.29, 1.82) is 0 Å². The fourth-order valence-electron chi connectivity index (χ4n) is 2.96. The van der Waals surface area contributed by atoms with Gasteiger partial charge < -0.3 is 9.42 Å². The Kier molecular flexibility index (Phi) is 4.22. The first kappa shape index (κ1) is 14.8. The molecule has 0 spiro atoms. The van der Waals surface area contributed by atoms with E-state index in [-0.39, 0.29) is 11.9 Å². The highest BCUT2D eigenvalue weighted by molar-refractivity contribution is 5.76. The minimum atomic E-state index is -0.0766. The molecule has 1 aliphatic heterocycles. The van der Waals surface area contributed by atoms with Crippen molar-refractivity contribution in [3.8, 4) is 11.4 Å². The monoisotopic (exact) mass is 299 g/mol. The number of likely N-dealkylation sites (tertiary alicyclic amines) is 1. The van der Waals surface area contributed by atoms with Gasteiger partial charge in [-0.25, -0.2) is 0 Å². The molecule has 0 aliphatic carbocycles. The maximum atomic E-state index is 12.1. The van der Waals surface area contributed by atoms with Crippen molar-refractivity contribution in [3.05, 3.63) is 35.7 Å². The molecule has 1 unspecified atom stereocenters. The molecule has 2 heterocycles. The maximum absolute atomic E-state index is 12.1. The van der Waals surface area contributed by atoms with E-state index in [2.05, 4.69) is 10.1 Å². The lowest BCUT2D eigenvalue weighted by Crippen LogP contribution is -2.38. The van der Waals surface area contributed by atoms with Gasteiger partial charge in [0.2, 0.25) is 17.6 Å². The predicted octanol–water partition coefficient (Wildman–Crippen LogP) is 3.51. The Bertz CT molecular complexity index is 665. The fraction of sp³-hybridized carbons (Fsp3) is 0.471. The van der Waals surface area contributed by atoms with Gasteiger partial charge >= 0.3 is 0 Å². The predicted molar refractivity (Wildman–Crippen MR) is 83.1 cm³/mol. The van der Waals surface area contributed by atoms with Crippen LogP contribution in [-0.2, 0) is 4.79 Å². The zero-order valence-corrected chi connectivity index (χ0v) is 13.1. The van der Waals surface area contributed by atoms with Gasteiger partial charge in [-0.05, 0) is 32.3 Å². The van der Waals surface area contributed by atoms with E-state index in [0.717, 1.165) is 36.9 Å². The second kappa shape index (κ2) is 6.30. The van der Waals surface area contributed by atoms with E-state index in [1.165, 1.54) is 0 Å². The molecule has 116 valence electrons. The lowest BCUT2D eigenvalue weighted by molar-refractivity contribution is -0.135. The molecule has 1 atom stereocenters. The van der Waals surface area contributed by atoms with Gasteiger partial charge in [0, 0.05) is 18.5 Å². The molecule has 0 radical (unpaired) electrons. The largest absolute Gasteiger partial charge is 0.337 e. The third kappa shape index (κ3) is 2.89. The van der Waals surface area contributed by atoms with Crippen molar-refractivity contribution in [2.45, 2.75) is 45.6 Å². The molecule has 3 rings (SSSR count). The second-order valence-corrected chi connectivity index (χ2v) is 5.78. The third-order valence-electron chi connectivity index (χ3n) is 4.13. The Morgan fingerprint density at radius 2 is 2.27 bits per heavy atom. The van der Waals surface area contributed by atoms with Gasteiger partial charge in [0.25, 0.3) is 0 Å². The van der Waals surface area contributed by atoms with Crippen LogP contribution < -0.4 is 0 Å². The number of carbonyl (C=O) groups excluding carboxylic acids is 1. The number of carbonyl (C=O) groups is 1. The summed E-state index contributed by atoms with van der Waals surface area (Å²) >= 11 is 0. The lowest BCUT2D eigenvalue weighted by atomic mass is 10.0. The minimum absolute atomic E-state index is 0.0766. The summed E-state index contributed by atoms with van der Waals surface area (Å²) in [7, 11) is 0. The number of benzene rings is 1. The number of hydrogen-bond donors (Lipinski definition) is 0. The number of aromatic nitrogens is 2. The average Bonchev–Trinajstić information content (AvgIpc) is 3.04. The lowest BCUT2D eigenvalue weighted by Gasteiger charge is -2.33. The fourth-order valence-corrected chi connectivity index (χ4v) is 2.96. The second-order valence-electron chi connectivity index (χ2n) is 5.78. The zero-order chi connectivity index (χ0) is 15.5. The van der Waals surface area contributed by atoms with Crippen LogP contribution in [0.15, 0.2) is 28.8 Å². The zero-order valence-electron chi connectivity index (χ0n) is 13.1. The van der Waals surface area contributed by atoms with Crippen LogP contribution >= 0.6 is 0 Å². The van der Waals surface area contributed by atoms with Crippen LogP contribution in [0.2, 0.25) is 0 Å². The van der Waals surface area contributed by atoms with Crippen molar-refractivity contribution in [2.24, 2.45) is 0 Å². The van der Waals surface area contributed by atoms with Crippen LogP contribution in [0.25, 0.3) is 11.4 Å². The van der Waals surface area contributed by atoms with Crippen LogP contribution in [0.3, 0.4) is 0 Å². The quantitative estimate of drug-likeness (QED) is 0.870. The van der Waals surface area contributed by atoms with Crippen molar-refractivity contribution in [2.75, 3.05) is 6.54 Å². The first-order chi connectivity index (χ1) is 10.7. The summed E-state index contributed by atoms with van der Waals surface area (Å²) in [6.07, 6.45) is 3.53. The SMILES string of the molecule is CCC(=O)N1CCCCC1c1nc(-c2cccc(C)c2)no1. The molecule has 0 saturated carbocycles. The van der Waals surface area contributed by atoms with Gasteiger partial charge in [0.05, 0.1) is 0 Å². The molecule has 0 N–H and O–H groups in total. The van der Waals surface area contributed by atoms with Gasteiger partial charge in [-0.1, -0.05) is 35.8 Å². The molecule has 2 aromatic rings. The number of aryl methyl sites for hydroxylation is 1. The summed E-state index contributed by atoms with van der Waals surface area (Å²) in [5.41, 5.74) is 2.10. The third-order valence-corrected chi connectivity index (χ3v) is 4.13. The van der Waals surface area contributed by atoms with Gasteiger partial charge in [-0.15, -0.1) is 0 Å². The highest BCUT2D eigenvalue weighted by atomic mass is 16.5. The Hall–Kier alpha value is -2.17. The van der Waals surface area contributed by atoms with Gasteiger partial charge in [0.15, 0.2) is 0 Å². The summed E-state index contributed by atoms with van der Waals surface area (Å²) in [5.74, 6) is 1.30. The number of piperidine rings is 1. The first-order valence-electron chi connectivity index (χ1n) is 7.89. The summed E-state index contributed by atoms with van der Waals surface area (Å²) in [4.78, 5) is 18.5. The van der Waals surface area contributed by atoms with E-state index in [4.69, 9.17) is 4.52 Å². The molecule has 1 amide bonds. The van der Waals surface area contributed by atoms with Crippen molar-refractivity contribution < 1.29 is 9.32 Å². The van der Waals surface area contributed by atoms with Crippen LogP contribution in [0, 0.1) is 6.92 Å². The molecule has 22 heavy (non-hydrogen) atoms. The average molecular weight is 299 g/mol. The molecular weight excluding hydrogens is 278 g/mol. The summed E-state index contributed by atoms with van der Waals surface area (Å²) in [5, 5.41) is 4.10. The molecule has 5 nitrogen and oxygen atoms in total. The van der Waals surface area contributed by atoms with Crippen molar-refractivity contribution in [1.82, 2.24) is 15.0 Å². The van der Waals surface area contributed by atoms with Crippen LogP contribution in [-0.4, -0.2) is 27.5 Å². The Balaban J connectivity index is 1.87. The van der Waals surface area contributed by atoms with E-state index < -0.39 is 0 Å². The van der Waals surface area contributed by atoms with E-state index in [0.29, 0.717) is 18.1 Å². The van der Waals surface area contributed by atoms with E-state index in [1.54, 1.807) is 0 Å². The van der Waals surface area contributed by atoms with Crippen LogP contribution in [0.1, 0.15) is 50.1 Å². The maximum Gasteiger partial charge on any atom is 0.249 e. The number of hydrogen-bond acceptors (Lipinski definition) is 4. The molecule has 1 aliphatic rings. The van der Waals surface area contributed by atoms with Crippen molar-refractivity contribution in [3.63, 3.8) is 0 Å². The molecule has 1 aromatic carbocycles. The van der Waals surface area contributed by atoms with Crippen LogP contribution in [0.4, 0.5) is 0 Å². The first-order valence-corrected chi connectivity index (χ1v) is 7.89. The Morgan fingerprint density at radius 1 is 1.41 bits per heavy atom. The van der Waals surface area contributed by atoms with E-state index in [9.17, 15) is 4.79 Å². The van der Waals surface area contributed by atoms with Crippen LogP contribution in [0.5, 0.6) is 0 Å². The van der Waals surface area contributed by atoms with Gasteiger partial charge in [-0.3, -0.25) is 4.79 Å². The summed E-state index contributed by atoms with van der Waals surface area (Å²) < 4.78 is 5.47. The molecule has 1 saturated heterocycles. The Morgan fingerprint density at radius 3 is 3.05 bits per heavy atom. The minimum Gasteiger partial charge on any atom is -0.337 e. The highest BCUT2D eigenvalue weighted by Crippen LogP contribution is 2.31. The molecule has 5 heteroatoms. The molecule has 1 fully saturated rings. The van der Waals surface area contributed by atoms with Gasteiger partial charge in [0.1, 0.15) is 6.04 Å². The van der Waals surface area contributed by atoms with E-state index in [1.807, 2.05) is 43.0 Å². The molecular formula is C17H21N3O2. The number of amides is 1. The standard InChI is InChI=1S/C17H21N3O2/c1-3-15(21)20-10-5-4-9-14(20)17-18-16(19-22-17)13-8-6-7-12(2)11-13/h6-8,11,14H,3-5,9-10H2,1-2H3. The summed E-state index contributed by atoms with van der Waals surface area (Å²) in [6.45, 7) is 4.70. The van der Waals surface area contributed by atoms with E-state index >= 15 is 0 Å². The molecule has 1 aromatic heterocycles. The topological polar surface area (TPSA) is 59.2 Å². The normalized spacial score (nSPS) is 18.5. The number of rotatable bonds is 3. The van der Waals surface area contributed by atoms with Crippen molar-refractivity contribution >= 4 is 5.91 Å². The summed E-state index contributed by atoms with van der Waals surface area (Å²) in [6, 6.07) is 7.94. The highest BCUT2D eigenvalue weighted by Gasteiger charge is 2.31. The number of nitrogens with zero attached hydrogens (tertiary/aromatic N) is 3. The Labute approximate surface area is 130 Å². The molecule has 0 bridgehead atoms.